The van der Waals surface area contributed by atoms with Crippen LogP contribution >= 0.6 is 0 Å². The first-order valence-corrected chi connectivity index (χ1v) is 5.55. The van der Waals surface area contributed by atoms with Crippen LogP contribution in [0.25, 0.3) is 0 Å². The average molecular weight is 198 g/mol. The van der Waals surface area contributed by atoms with Crippen molar-refractivity contribution in [1.82, 2.24) is 0 Å². The van der Waals surface area contributed by atoms with Crippen LogP contribution in [0.15, 0.2) is 0 Å². The second-order valence-electron chi connectivity index (χ2n) is 4.17. The van der Waals surface area contributed by atoms with Crippen LogP contribution in [0.3, 0.4) is 0 Å². The molecule has 82 valence electrons. The molecule has 0 amide bonds. The van der Waals surface area contributed by atoms with Crippen molar-refractivity contribution in [3.63, 3.8) is 0 Å². The summed E-state index contributed by atoms with van der Waals surface area (Å²) in [6, 6.07) is 0. The molecule has 0 fully saturated rings. The quantitative estimate of drug-likeness (QED) is 0.561. The lowest BCUT2D eigenvalue weighted by Crippen LogP contribution is -2.10. The standard InChI is InChI=1S/C12H22O2/c1-4-5-6-7-12(8-10(2)13)9-11(3)14/h12H,4-9H2,1-3H3. The van der Waals surface area contributed by atoms with Gasteiger partial charge in [0.25, 0.3) is 0 Å². The summed E-state index contributed by atoms with van der Waals surface area (Å²) < 4.78 is 0. The Hall–Kier alpha value is -0.660. The van der Waals surface area contributed by atoms with E-state index >= 15 is 0 Å². The fourth-order valence-corrected chi connectivity index (χ4v) is 1.77. The molecule has 0 atom stereocenters. The van der Waals surface area contributed by atoms with E-state index in [1.807, 2.05) is 0 Å². The van der Waals surface area contributed by atoms with Crippen molar-refractivity contribution in [2.75, 3.05) is 0 Å². The predicted octanol–water partition coefficient (Wildman–Crippen LogP) is 3.14. The third-order valence-corrected chi connectivity index (χ3v) is 2.37. The first-order chi connectivity index (χ1) is 6.56. The van der Waals surface area contributed by atoms with Crippen molar-refractivity contribution in [2.24, 2.45) is 5.92 Å². The molecule has 0 N–H and O–H groups in total. The molecule has 0 aliphatic heterocycles. The van der Waals surface area contributed by atoms with Crippen molar-refractivity contribution < 1.29 is 9.59 Å². The van der Waals surface area contributed by atoms with Crippen LogP contribution in [0.2, 0.25) is 0 Å². The van der Waals surface area contributed by atoms with Gasteiger partial charge in [0.2, 0.25) is 0 Å². The monoisotopic (exact) mass is 198 g/mol. The summed E-state index contributed by atoms with van der Waals surface area (Å²) in [7, 11) is 0. The lowest BCUT2D eigenvalue weighted by Gasteiger charge is -2.12. The molecule has 0 radical (unpaired) electrons. The Morgan fingerprint density at radius 1 is 1.00 bits per heavy atom. The maximum atomic E-state index is 11.0. The fourth-order valence-electron chi connectivity index (χ4n) is 1.77. The Kier molecular flexibility index (Phi) is 7.35. The van der Waals surface area contributed by atoms with Crippen LogP contribution in [0.4, 0.5) is 0 Å². The van der Waals surface area contributed by atoms with Gasteiger partial charge in [0.15, 0.2) is 0 Å². The Morgan fingerprint density at radius 2 is 1.50 bits per heavy atom. The topological polar surface area (TPSA) is 34.1 Å². The summed E-state index contributed by atoms with van der Waals surface area (Å²) >= 11 is 0. The molecule has 0 bridgehead atoms. The van der Waals surface area contributed by atoms with Crippen molar-refractivity contribution in [3.8, 4) is 0 Å². The van der Waals surface area contributed by atoms with E-state index in [1.54, 1.807) is 13.8 Å². The predicted molar refractivity (Wildman–Crippen MR) is 58.2 cm³/mol. The second kappa shape index (κ2) is 7.72. The van der Waals surface area contributed by atoms with Crippen LogP contribution in [0, 0.1) is 5.92 Å². The molecule has 14 heavy (non-hydrogen) atoms. The number of unbranched alkanes of at least 4 members (excludes halogenated alkanes) is 2. The molecule has 2 heteroatoms. The number of Topliss-reactive ketones (excluding diaryl/α,β-unsaturated/α-hetero) is 2. The highest BCUT2D eigenvalue weighted by atomic mass is 16.1. The third kappa shape index (κ3) is 7.96. The first-order valence-electron chi connectivity index (χ1n) is 5.55. The zero-order valence-electron chi connectivity index (χ0n) is 9.64. The first kappa shape index (κ1) is 13.3. The maximum Gasteiger partial charge on any atom is 0.130 e. The van der Waals surface area contributed by atoms with Gasteiger partial charge in [-0.15, -0.1) is 0 Å². The van der Waals surface area contributed by atoms with Crippen molar-refractivity contribution >= 4 is 11.6 Å². The Bertz CT molecular complexity index is 169. The Labute approximate surface area is 87.1 Å². The van der Waals surface area contributed by atoms with Crippen LogP contribution in [0.5, 0.6) is 0 Å². The van der Waals surface area contributed by atoms with Crippen molar-refractivity contribution in [3.05, 3.63) is 0 Å². The van der Waals surface area contributed by atoms with E-state index in [0.29, 0.717) is 12.8 Å². The highest BCUT2D eigenvalue weighted by Crippen LogP contribution is 2.18. The van der Waals surface area contributed by atoms with Gasteiger partial charge in [0.1, 0.15) is 11.6 Å². The van der Waals surface area contributed by atoms with Crippen LogP contribution in [-0.2, 0) is 9.59 Å². The van der Waals surface area contributed by atoms with Gasteiger partial charge in [0.05, 0.1) is 0 Å². The summed E-state index contributed by atoms with van der Waals surface area (Å²) in [6.07, 6.45) is 5.69. The number of hydrogen-bond acceptors (Lipinski definition) is 2. The zero-order chi connectivity index (χ0) is 11.0. The number of ketones is 2. The largest absolute Gasteiger partial charge is 0.300 e. The van der Waals surface area contributed by atoms with Crippen LogP contribution < -0.4 is 0 Å². The van der Waals surface area contributed by atoms with Gasteiger partial charge in [-0.05, 0) is 26.2 Å². The maximum absolute atomic E-state index is 11.0. The summed E-state index contributed by atoms with van der Waals surface area (Å²) in [6.45, 7) is 5.37. The number of rotatable bonds is 8. The van der Waals surface area contributed by atoms with E-state index in [-0.39, 0.29) is 17.5 Å². The average Bonchev–Trinajstić information content (AvgIpc) is 2.02. The lowest BCUT2D eigenvalue weighted by atomic mass is 9.91. The Morgan fingerprint density at radius 3 is 1.86 bits per heavy atom. The molecule has 0 aliphatic rings. The summed E-state index contributed by atoms with van der Waals surface area (Å²) in [5, 5.41) is 0. The molecule has 0 spiro atoms. The fraction of sp³-hybridized carbons (Fsp3) is 0.833. The summed E-state index contributed by atoms with van der Waals surface area (Å²) in [5.41, 5.74) is 0. The normalized spacial score (nSPS) is 10.6. The molecular formula is C12H22O2. The molecule has 0 unspecified atom stereocenters. The summed E-state index contributed by atoms with van der Waals surface area (Å²) in [4.78, 5) is 21.9. The molecule has 0 saturated carbocycles. The van der Waals surface area contributed by atoms with Gasteiger partial charge in [-0.3, -0.25) is 0 Å². The second-order valence-corrected chi connectivity index (χ2v) is 4.17. The molecular weight excluding hydrogens is 176 g/mol. The molecule has 0 saturated heterocycles. The minimum absolute atomic E-state index is 0.202. The van der Waals surface area contributed by atoms with Crippen molar-refractivity contribution in [1.29, 1.82) is 0 Å². The van der Waals surface area contributed by atoms with E-state index in [2.05, 4.69) is 6.92 Å². The van der Waals surface area contributed by atoms with Crippen molar-refractivity contribution in [2.45, 2.75) is 59.3 Å². The molecule has 0 rings (SSSR count). The SMILES string of the molecule is CCCCCC(CC(C)=O)CC(C)=O. The van der Waals surface area contributed by atoms with E-state index in [1.165, 1.54) is 12.8 Å². The molecule has 0 aromatic rings. The smallest absolute Gasteiger partial charge is 0.130 e. The molecule has 0 aromatic carbocycles. The van der Waals surface area contributed by atoms with Gasteiger partial charge in [0, 0.05) is 12.8 Å². The minimum atomic E-state index is 0.202. The van der Waals surface area contributed by atoms with E-state index in [9.17, 15) is 9.59 Å². The van der Waals surface area contributed by atoms with Gasteiger partial charge in [-0.1, -0.05) is 26.2 Å². The zero-order valence-corrected chi connectivity index (χ0v) is 9.64. The number of carbonyl (C=O) groups excluding carboxylic acids is 2. The van der Waals surface area contributed by atoms with Gasteiger partial charge in [-0.25, -0.2) is 0 Å². The van der Waals surface area contributed by atoms with Crippen LogP contribution in [0.1, 0.15) is 59.3 Å². The molecule has 0 aromatic heterocycles. The van der Waals surface area contributed by atoms with E-state index in [0.717, 1.165) is 12.8 Å². The highest BCUT2D eigenvalue weighted by Gasteiger charge is 2.12. The van der Waals surface area contributed by atoms with E-state index < -0.39 is 0 Å². The highest BCUT2D eigenvalue weighted by molar-refractivity contribution is 5.79. The summed E-state index contributed by atoms with van der Waals surface area (Å²) in [5.74, 6) is 0.692. The van der Waals surface area contributed by atoms with Gasteiger partial charge < -0.3 is 9.59 Å². The number of carbonyl (C=O) groups is 2. The van der Waals surface area contributed by atoms with E-state index in [4.69, 9.17) is 0 Å². The molecule has 0 aliphatic carbocycles. The number of hydrogen-bond donors (Lipinski definition) is 0. The molecule has 2 nitrogen and oxygen atoms in total. The van der Waals surface area contributed by atoms with Crippen LogP contribution in [-0.4, -0.2) is 11.6 Å². The third-order valence-electron chi connectivity index (χ3n) is 2.37. The van der Waals surface area contributed by atoms with Gasteiger partial charge >= 0.3 is 0 Å². The molecule has 0 heterocycles. The minimum Gasteiger partial charge on any atom is -0.300 e. The Balaban J connectivity index is 3.84. The lowest BCUT2D eigenvalue weighted by molar-refractivity contribution is -0.119. The van der Waals surface area contributed by atoms with Gasteiger partial charge in [-0.2, -0.15) is 0 Å².